The van der Waals surface area contributed by atoms with Crippen LogP contribution in [0.5, 0.6) is 0 Å². The van der Waals surface area contributed by atoms with Gasteiger partial charge in [-0.2, -0.15) is 0 Å². The molecule has 2 saturated heterocycles. The average molecular weight is 343 g/mol. The zero-order valence-corrected chi connectivity index (χ0v) is 14.5. The van der Waals surface area contributed by atoms with E-state index in [-0.39, 0.29) is 24.2 Å². The van der Waals surface area contributed by atoms with Gasteiger partial charge in [0.1, 0.15) is 5.60 Å². The molecule has 0 bridgehead atoms. The van der Waals surface area contributed by atoms with Gasteiger partial charge in [-0.1, -0.05) is 6.07 Å². The topological polar surface area (TPSA) is 62.7 Å². The second kappa shape index (κ2) is 6.75. The van der Waals surface area contributed by atoms with Crippen LogP contribution in [0.3, 0.4) is 0 Å². The Balaban J connectivity index is 1.36. The number of piperazine rings is 1. The molecule has 1 aromatic rings. The summed E-state index contributed by atoms with van der Waals surface area (Å²) in [6, 6.07) is 5.95. The molecule has 1 unspecified atom stereocenters. The molecule has 3 aliphatic rings. The number of carbonyl (C=O) groups is 2. The van der Waals surface area contributed by atoms with Crippen LogP contribution in [0.25, 0.3) is 0 Å². The summed E-state index contributed by atoms with van der Waals surface area (Å²) in [5.41, 5.74) is 0.557. The molecule has 0 aromatic carbocycles. The number of hydrogen-bond donors (Lipinski definition) is 0. The molecule has 4 rings (SSSR count). The third kappa shape index (κ3) is 3.27. The summed E-state index contributed by atoms with van der Waals surface area (Å²) in [5.74, 6) is -0.357. The van der Waals surface area contributed by atoms with Gasteiger partial charge in [-0.25, -0.2) is 0 Å². The zero-order chi connectivity index (χ0) is 17.3. The summed E-state index contributed by atoms with van der Waals surface area (Å²) >= 11 is 0. The number of ether oxygens (including phenoxy) is 1. The molecule has 134 valence electrons. The number of pyridine rings is 1. The Hall–Kier alpha value is -1.95. The lowest BCUT2D eigenvalue weighted by atomic mass is 9.84. The molecular weight excluding hydrogens is 318 g/mol. The minimum absolute atomic E-state index is 0.116. The number of carbonyl (C=O) groups excluding carboxylic acids is 2. The zero-order valence-electron chi connectivity index (χ0n) is 14.5. The number of esters is 1. The highest BCUT2D eigenvalue weighted by molar-refractivity contribution is 5.88. The van der Waals surface area contributed by atoms with Crippen molar-refractivity contribution in [1.29, 1.82) is 0 Å². The normalized spacial score (nSPS) is 26.2. The van der Waals surface area contributed by atoms with Gasteiger partial charge in [-0.3, -0.25) is 19.5 Å². The Labute approximate surface area is 148 Å². The number of aromatic nitrogens is 1. The summed E-state index contributed by atoms with van der Waals surface area (Å²) < 4.78 is 5.63. The van der Waals surface area contributed by atoms with E-state index in [1.54, 1.807) is 0 Å². The van der Waals surface area contributed by atoms with Crippen molar-refractivity contribution in [2.75, 3.05) is 26.2 Å². The third-order valence-corrected chi connectivity index (χ3v) is 5.87. The van der Waals surface area contributed by atoms with E-state index < -0.39 is 5.60 Å². The van der Waals surface area contributed by atoms with Crippen molar-refractivity contribution < 1.29 is 14.3 Å². The van der Waals surface area contributed by atoms with Gasteiger partial charge in [0.2, 0.25) is 5.91 Å². The van der Waals surface area contributed by atoms with Crippen LogP contribution in [-0.2, 0) is 20.9 Å². The minimum atomic E-state index is -0.501. The SMILES string of the molecule is O=C1CC(C(=O)N2CCN(Cc3ccccn3)CC2)C2(CCCC2)O1. The quantitative estimate of drug-likeness (QED) is 0.780. The van der Waals surface area contributed by atoms with Gasteiger partial charge < -0.3 is 9.64 Å². The molecule has 1 spiro atoms. The van der Waals surface area contributed by atoms with E-state index in [0.29, 0.717) is 13.1 Å². The lowest BCUT2D eigenvalue weighted by molar-refractivity contribution is -0.152. The van der Waals surface area contributed by atoms with Crippen LogP contribution in [0, 0.1) is 5.92 Å². The van der Waals surface area contributed by atoms with E-state index in [1.807, 2.05) is 29.3 Å². The number of amides is 1. The average Bonchev–Trinajstić information content (AvgIpc) is 3.23. The Morgan fingerprint density at radius 1 is 1.20 bits per heavy atom. The van der Waals surface area contributed by atoms with Crippen LogP contribution in [0.15, 0.2) is 24.4 Å². The van der Waals surface area contributed by atoms with Crippen LogP contribution in [0.1, 0.15) is 37.8 Å². The molecule has 1 amide bonds. The lowest BCUT2D eigenvalue weighted by Gasteiger charge is -2.38. The van der Waals surface area contributed by atoms with Crippen molar-refractivity contribution in [3.8, 4) is 0 Å². The first-order chi connectivity index (χ1) is 12.2. The first kappa shape index (κ1) is 16.5. The first-order valence-electron chi connectivity index (χ1n) is 9.29. The van der Waals surface area contributed by atoms with Gasteiger partial charge in [0.25, 0.3) is 0 Å². The lowest BCUT2D eigenvalue weighted by Crippen LogP contribution is -2.52. The van der Waals surface area contributed by atoms with Gasteiger partial charge >= 0.3 is 5.97 Å². The predicted molar refractivity (Wildman–Crippen MR) is 91.5 cm³/mol. The largest absolute Gasteiger partial charge is 0.458 e. The summed E-state index contributed by atoms with van der Waals surface area (Å²) in [7, 11) is 0. The van der Waals surface area contributed by atoms with E-state index in [1.165, 1.54) is 0 Å². The Morgan fingerprint density at radius 2 is 1.96 bits per heavy atom. The van der Waals surface area contributed by atoms with E-state index in [2.05, 4.69) is 9.88 Å². The summed E-state index contributed by atoms with van der Waals surface area (Å²) in [4.78, 5) is 33.5. The minimum Gasteiger partial charge on any atom is -0.458 e. The van der Waals surface area contributed by atoms with Crippen molar-refractivity contribution in [3.63, 3.8) is 0 Å². The standard InChI is InChI=1S/C19H25N3O3/c23-17-13-16(19(25-17)6-2-3-7-19)18(24)22-11-9-21(10-12-22)14-15-5-1-4-8-20-15/h1,4-5,8,16H,2-3,6-7,9-14H2. The van der Waals surface area contributed by atoms with Crippen molar-refractivity contribution in [1.82, 2.24) is 14.8 Å². The fourth-order valence-electron chi connectivity index (χ4n) is 4.50. The Bertz CT molecular complexity index is 635. The van der Waals surface area contributed by atoms with Crippen LogP contribution < -0.4 is 0 Å². The van der Waals surface area contributed by atoms with Crippen LogP contribution in [0.2, 0.25) is 0 Å². The predicted octanol–water partition coefficient (Wildman–Crippen LogP) is 1.60. The molecule has 6 heteroatoms. The monoisotopic (exact) mass is 343 g/mol. The van der Waals surface area contributed by atoms with E-state index >= 15 is 0 Å². The fourth-order valence-corrected chi connectivity index (χ4v) is 4.50. The van der Waals surface area contributed by atoms with E-state index in [4.69, 9.17) is 4.74 Å². The Kier molecular flexibility index (Phi) is 4.46. The summed E-state index contributed by atoms with van der Waals surface area (Å²) in [6.07, 6.45) is 5.85. The molecule has 1 aromatic heterocycles. The van der Waals surface area contributed by atoms with Crippen molar-refractivity contribution in [3.05, 3.63) is 30.1 Å². The molecule has 1 atom stereocenters. The molecule has 2 aliphatic heterocycles. The third-order valence-electron chi connectivity index (χ3n) is 5.87. The molecule has 6 nitrogen and oxygen atoms in total. The number of rotatable bonds is 3. The van der Waals surface area contributed by atoms with Crippen molar-refractivity contribution in [2.24, 2.45) is 5.92 Å². The number of nitrogens with zero attached hydrogens (tertiary/aromatic N) is 3. The molecule has 3 fully saturated rings. The van der Waals surface area contributed by atoms with E-state index in [0.717, 1.165) is 51.0 Å². The maximum atomic E-state index is 13.0. The van der Waals surface area contributed by atoms with Gasteiger partial charge in [-0.15, -0.1) is 0 Å². The second-order valence-corrected chi connectivity index (χ2v) is 7.43. The second-order valence-electron chi connectivity index (χ2n) is 7.43. The highest BCUT2D eigenvalue weighted by Gasteiger charge is 2.54. The van der Waals surface area contributed by atoms with Crippen LogP contribution >= 0.6 is 0 Å². The fraction of sp³-hybridized carbons (Fsp3) is 0.632. The number of hydrogen-bond acceptors (Lipinski definition) is 5. The molecule has 0 radical (unpaired) electrons. The maximum Gasteiger partial charge on any atom is 0.307 e. The molecule has 1 aliphatic carbocycles. The van der Waals surface area contributed by atoms with E-state index in [9.17, 15) is 9.59 Å². The maximum absolute atomic E-state index is 13.0. The molecular formula is C19H25N3O3. The van der Waals surface area contributed by atoms with Crippen LogP contribution in [-0.4, -0.2) is 58.4 Å². The van der Waals surface area contributed by atoms with Gasteiger partial charge in [0.15, 0.2) is 0 Å². The van der Waals surface area contributed by atoms with Crippen molar-refractivity contribution in [2.45, 2.75) is 44.2 Å². The Morgan fingerprint density at radius 3 is 2.64 bits per heavy atom. The molecule has 25 heavy (non-hydrogen) atoms. The van der Waals surface area contributed by atoms with Gasteiger partial charge in [-0.05, 0) is 37.8 Å². The molecule has 1 saturated carbocycles. The smallest absolute Gasteiger partial charge is 0.307 e. The summed E-state index contributed by atoms with van der Waals surface area (Å²) in [5, 5.41) is 0. The van der Waals surface area contributed by atoms with Crippen LogP contribution in [0.4, 0.5) is 0 Å². The first-order valence-corrected chi connectivity index (χ1v) is 9.29. The molecule has 3 heterocycles. The summed E-state index contributed by atoms with van der Waals surface area (Å²) in [6.45, 7) is 3.93. The molecule has 0 N–H and O–H groups in total. The highest BCUT2D eigenvalue weighted by Crippen LogP contribution is 2.46. The van der Waals surface area contributed by atoms with Crippen molar-refractivity contribution >= 4 is 11.9 Å². The van der Waals surface area contributed by atoms with Gasteiger partial charge in [0.05, 0.1) is 18.0 Å². The highest BCUT2D eigenvalue weighted by atomic mass is 16.6. The van der Waals surface area contributed by atoms with Gasteiger partial charge in [0, 0.05) is 38.9 Å².